The van der Waals surface area contributed by atoms with E-state index in [9.17, 15) is 9.65 Å². The maximum Gasteiger partial charge on any atom is 0.123 e. The first-order valence-electron chi connectivity index (χ1n) is 11.4. The Labute approximate surface area is 190 Å². The number of rotatable bonds is 8. The Morgan fingerprint density at radius 3 is 2.59 bits per heavy atom. The standard InChI is InChI=1S/C29H29FN2/c1-19(2)16-21(18-31)17-20(3)8-15-26-28(22-11-13-24(30)14-12-22)25-6-4-5-7-27(25)32-29(26)23-9-10-23/h4-8,11-15,20-21,23H,1,9-10,16-17H2,2-3H3/b15-8+. The minimum Gasteiger partial charge on any atom is -0.252 e. The average Bonchev–Trinajstić information content (AvgIpc) is 3.62. The van der Waals surface area contributed by atoms with Crippen molar-refractivity contribution in [2.45, 2.75) is 45.4 Å². The molecule has 2 unspecified atom stereocenters. The topological polar surface area (TPSA) is 36.7 Å². The first-order valence-corrected chi connectivity index (χ1v) is 11.4. The normalized spacial score (nSPS) is 15.6. The van der Waals surface area contributed by atoms with Crippen molar-refractivity contribution in [3.63, 3.8) is 0 Å². The maximum absolute atomic E-state index is 13.7. The lowest BCUT2D eigenvalue weighted by Crippen LogP contribution is -2.04. The quantitative estimate of drug-likeness (QED) is 0.343. The van der Waals surface area contributed by atoms with Crippen molar-refractivity contribution in [2.75, 3.05) is 0 Å². The Morgan fingerprint density at radius 1 is 1.22 bits per heavy atom. The fourth-order valence-corrected chi connectivity index (χ4v) is 4.40. The van der Waals surface area contributed by atoms with Crippen LogP contribution in [0.3, 0.4) is 0 Å². The highest BCUT2D eigenvalue weighted by atomic mass is 19.1. The molecule has 3 aromatic rings. The van der Waals surface area contributed by atoms with Crippen molar-refractivity contribution in [1.29, 1.82) is 5.26 Å². The third kappa shape index (κ3) is 4.97. The zero-order valence-electron chi connectivity index (χ0n) is 18.8. The number of hydrogen-bond acceptors (Lipinski definition) is 2. The predicted molar refractivity (Wildman–Crippen MR) is 130 cm³/mol. The zero-order chi connectivity index (χ0) is 22.7. The molecule has 1 aliphatic rings. The molecule has 2 aromatic carbocycles. The van der Waals surface area contributed by atoms with Gasteiger partial charge in [-0.3, -0.25) is 4.98 Å². The molecule has 2 atom stereocenters. The third-order valence-electron chi connectivity index (χ3n) is 6.08. The fraction of sp³-hybridized carbons (Fsp3) is 0.310. The molecule has 0 amide bonds. The summed E-state index contributed by atoms with van der Waals surface area (Å²) in [6.45, 7) is 8.09. The van der Waals surface area contributed by atoms with Crippen LogP contribution in [0.1, 0.15) is 56.7 Å². The van der Waals surface area contributed by atoms with E-state index >= 15 is 0 Å². The van der Waals surface area contributed by atoms with E-state index in [0.29, 0.717) is 5.92 Å². The van der Waals surface area contributed by atoms with Crippen LogP contribution < -0.4 is 0 Å². The lowest BCUT2D eigenvalue weighted by Gasteiger charge is -2.17. The average molecular weight is 425 g/mol. The van der Waals surface area contributed by atoms with Gasteiger partial charge >= 0.3 is 0 Å². The van der Waals surface area contributed by atoms with Gasteiger partial charge in [-0.05, 0) is 62.3 Å². The Morgan fingerprint density at radius 2 is 1.94 bits per heavy atom. The first kappa shape index (κ1) is 22.0. The largest absolute Gasteiger partial charge is 0.252 e. The molecule has 1 saturated carbocycles. The molecule has 0 saturated heterocycles. The smallest absolute Gasteiger partial charge is 0.123 e. The second-order valence-corrected chi connectivity index (χ2v) is 9.14. The fourth-order valence-electron chi connectivity index (χ4n) is 4.40. The number of hydrogen-bond donors (Lipinski definition) is 0. The van der Waals surface area contributed by atoms with Crippen molar-refractivity contribution in [1.82, 2.24) is 4.98 Å². The number of aromatic nitrogens is 1. The van der Waals surface area contributed by atoms with Crippen molar-refractivity contribution in [3.05, 3.63) is 83.8 Å². The Balaban J connectivity index is 1.79. The van der Waals surface area contributed by atoms with Gasteiger partial charge in [-0.25, -0.2) is 4.39 Å². The van der Waals surface area contributed by atoms with E-state index in [2.05, 4.69) is 43.9 Å². The summed E-state index contributed by atoms with van der Waals surface area (Å²) in [6.07, 6.45) is 8.23. The van der Waals surface area contributed by atoms with Crippen molar-refractivity contribution in [2.24, 2.45) is 11.8 Å². The molecule has 3 heteroatoms. The molecule has 32 heavy (non-hydrogen) atoms. The second kappa shape index (κ2) is 9.49. The molecule has 0 aliphatic heterocycles. The number of benzene rings is 2. The molecule has 1 heterocycles. The molecule has 162 valence electrons. The van der Waals surface area contributed by atoms with E-state index in [1.807, 2.05) is 31.2 Å². The van der Waals surface area contributed by atoms with Crippen LogP contribution in [0.4, 0.5) is 4.39 Å². The molecule has 0 spiro atoms. The molecule has 1 aliphatic carbocycles. The highest BCUT2D eigenvalue weighted by Crippen LogP contribution is 2.45. The lowest BCUT2D eigenvalue weighted by atomic mass is 9.89. The van der Waals surface area contributed by atoms with Gasteiger partial charge in [-0.15, -0.1) is 6.58 Å². The molecule has 0 bridgehead atoms. The van der Waals surface area contributed by atoms with Gasteiger partial charge in [0.1, 0.15) is 5.82 Å². The summed E-state index contributed by atoms with van der Waals surface area (Å²) in [5.74, 6) is 0.462. The van der Waals surface area contributed by atoms with Gasteiger partial charge in [0, 0.05) is 22.4 Å². The van der Waals surface area contributed by atoms with Gasteiger partial charge in [0.25, 0.3) is 0 Å². The summed E-state index contributed by atoms with van der Waals surface area (Å²) < 4.78 is 13.7. The molecule has 0 N–H and O–H groups in total. The van der Waals surface area contributed by atoms with Crippen LogP contribution in [0.15, 0.2) is 66.8 Å². The third-order valence-corrected chi connectivity index (χ3v) is 6.08. The zero-order valence-corrected chi connectivity index (χ0v) is 18.8. The first-order chi connectivity index (χ1) is 15.5. The van der Waals surface area contributed by atoms with Crippen LogP contribution in [-0.4, -0.2) is 4.98 Å². The highest BCUT2D eigenvalue weighted by molar-refractivity contribution is 5.99. The molecule has 2 nitrogen and oxygen atoms in total. The van der Waals surface area contributed by atoms with E-state index in [-0.39, 0.29) is 17.7 Å². The van der Waals surface area contributed by atoms with E-state index in [1.165, 1.54) is 12.1 Å². The van der Waals surface area contributed by atoms with Gasteiger partial charge in [-0.2, -0.15) is 5.26 Å². The minimum absolute atomic E-state index is 0.0265. The summed E-state index contributed by atoms with van der Waals surface area (Å²) in [5, 5.41) is 10.6. The van der Waals surface area contributed by atoms with Gasteiger partial charge in [0.05, 0.1) is 23.2 Å². The van der Waals surface area contributed by atoms with Crippen molar-refractivity contribution >= 4 is 17.0 Å². The number of allylic oxidation sites excluding steroid dienone is 2. The number of pyridine rings is 1. The van der Waals surface area contributed by atoms with Crippen LogP contribution in [0, 0.1) is 29.0 Å². The molecular weight excluding hydrogens is 395 g/mol. The molecule has 1 fully saturated rings. The molecular formula is C29H29FN2. The summed E-state index contributed by atoms with van der Waals surface area (Å²) in [5.41, 5.74) is 6.38. The Hall–Kier alpha value is -3.25. The summed E-state index contributed by atoms with van der Waals surface area (Å²) in [7, 11) is 0. The molecule has 1 aromatic heterocycles. The molecule has 4 rings (SSSR count). The number of nitrogens with zero attached hydrogens (tertiary/aromatic N) is 2. The van der Waals surface area contributed by atoms with Crippen molar-refractivity contribution in [3.8, 4) is 17.2 Å². The van der Waals surface area contributed by atoms with Crippen LogP contribution in [0.5, 0.6) is 0 Å². The van der Waals surface area contributed by atoms with Crippen LogP contribution in [0.25, 0.3) is 28.1 Å². The number of fused-ring (bicyclic) bond motifs is 1. The maximum atomic E-state index is 13.7. The van der Waals surface area contributed by atoms with E-state index in [0.717, 1.165) is 64.5 Å². The van der Waals surface area contributed by atoms with E-state index in [1.54, 1.807) is 0 Å². The predicted octanol–water partition coefficient (Wildman–Crippen LogP) is 8.06. The van der Waals surface area contributed by atoms with Gasteiger partial charge in [-0.1, -0.05) is 55.0 Å². The Kier molecular flexibility index (Phi) is 6.51. The minimum atomic E-state index is -0.236. The number of halogens is 1. The second-order valence-electron chi connectivity index (χ2n) is 9.14. The van der Waals surface area contributed by atoms with Crippen molar-refractivity contribution < 1.29 is 4.39 Å². The van der Waals surface area contributed by atoms with Gasteiger partial charge in [0.2, 0.25) is 0 Å². The summed E-state index contributed by atoms with van der Waals surface area (Å²) >= 11 is 0. The van der Waals surface area contributed by atoms with E-state index in [4.69, 9.17) is 4.98 Å². The van der Waals surface area contributed by atoms with Gasteiger partial charge in [0.15, 0.2) is 0 Å². The highest BCUT2D eigenvalue weighted by Gasteiger charge is 2.29. The summed E-state index contributed by atoms with van der Waals surface area (Å²) in [4.78, 5) is 5.05. The van der Waals surface area contributed by atoms with Gasteiger partial charge < -0.3 is 0 Å². The molecule has 0 radical (unpaired) electrons. The Bertz CT molecular complexity index is 1200. The lowest BCUT2D eigenvalue weighted by molar-refractivity contribution is 0.516. The van der Waals surface area contributed by atoms with Crippen LogP contribution in [-0.2, 0) is 0 Å². The number of nitriles is 1. The van der Waals surface area contributed by atoms with E-state index < -0.39 is 0 Å². The van der Waals surface area contributed by atoms with Crippen LogP contribution in [0.2, 0.25) is 0 Å². The number of para-hydroxylation sites is 1. The SMILES string of the molecule is C=C(C)CC(C#N)CC(C)/C=C/c1c(C2CC2)nc2ccccc2c1-c1ccc(F)cc1. The van der Waals surface area contributed by atoms with Crippen LogP contribution >= 0.6 is 0 Å². The monoisotopic (exact) mass is 424 g/mol. The summed E-state index contributed by atoms with van der Waals surface area (Å²) in [6, 6.07) is 17.4.